The highest BCUT2D eigenvalue weighted by Gasteiger charge is 2.12. The van der Waals surface area contributed by atoms with Crippen LogP contribution in [0.2, 0.25) is 0 Å². The standard InChI is InChI=1S/C13H11N3O3/c1-19-12-5-3-2-4-10(12)16-13(18)8-11(17)9(15-16)6-7-14/h2-5,8,17H,6H2,1H3. The lowest BCUT2D eigenvalue weighted by atomic mass is 10.2. The van der Waals surface area contributed by atoms with E-state index in [9.17, 15) is 9.90 Å². The SMILES string of the molecule is COc1ccccc1-n1nc(CC#N)c(O)cc1=O. The molecule has 6 heteroatoms. The summed E-state index contributed by atoms with van der Waals surface area (Å²) in [6.45, 7) is 0. The van der Waals surface area contributed by atoms with E-state index in [-0.39, 0.29) is 17.9 Å². The van der Waals surface area contributed by atoms with Gasteiger partial charge in [-0.2, -0.15) is 15.0 Å². The normalized spacial score (nSPS) is 9.89. The number of rotatable bonds is 3. The lowest BCUT2D eigenvalue weighted by Crippen LogP contribution is -2.22. The maximum absolute atomic E-state index is 11.9. The molecule has 0 atom stereocenters. The van der Waals surface area contributed by atoms with E-state index in [1.165, 1.54) is 7.11 Å². The van der Waals surface area contributed by atoms with Crippen molar-refractivity contribution in [2.45, 2.75) is 6.42 Å². The first-order chi connectivity index (χ1) is 9.17. The van der Waals surface area contributed by atoms with Crippen LogP contribution in [0.5, 0.6) is 11.5 Å². The molecule has 0 aliphatic rings. The van der Waals surface area contributed by atoms with Gasteiger partial charge in [-0.1, -0.05) is 12.1 Å². The predicted molar refractivity (Wildman–Crippen MR) is 67.4 cm³/mol. The highest BCUT2D eigenvalue weighted by atomic mass is 16.5. The monoisotopic (exact) mass is 257 g/mol. The molecule has 0 saturated carbocycles. The maximum atomic E-state index is 11.9. The number of nitrogens with zero attached hydrogens (tertiary/aromatic N) is 3. The molecule has 19 heavy (non-hydrogen) atoms. The first kappa shape index (κ1) is 12.6. The Bertz CT molecular complexity index is 701. The second-order valence-electron chi connectivity index (χ2n) is 3.73. The highest BCUT2D eigenvalue weighted by molar-refractivity contribution is 5.46. The molecule has 0 aliphatic heterocycles. The second kappa shape index (κ2) is 5.23. The zero-order valence-corrected chi connectivity index (χ0v) is 10.2. The number of aromatic nitrogens is 2. The third-order valence-corrected chi connectivity index (χ3v) is 2.55. The Kier molecular flexibility index (Phi) is 3.48. The molecule has 1 aromatic carbocycles. The Morgan fingerprint density at radius 3 is 2.89 bits per heavy atom. The van der Waals surface area contributed by atoms with E-state index in [2.05, 4.69) is 5.10 Å². The molecule has 0 amide bonds. The molecule has 0 fully saturated rings. The van der Waals surface area contributed by atoms with Gasteiger partial charge in [0.15, 0.2) is 0 Å². The minimum absolute atomic E-state index is 0.0821. The molecule has 0 aliphatic carbocycles. The molecule has 1 aromatic heterocycles. The van der Waals surface area contributed by atoms with Gasteiger partial charge in [0, 0.05) is 6.07 Å². The molecule has 2 aromatic rings. The molecule has 1 N–H and O–H groups in total. The van der Waals surface area contributed by atoms with E-state index in [0.29, 0.717) is 11.4 Å². The second-order valence-corrected chi connectivity index (χ2v) is 3.73. The molecule has 0 saturated heterocycles. The summed E-state index contributed by atoms with van der Waals surface area (Å²) in [7, 11) is 1.49. The van der Waals surface area contributed by atoms with Crippen molar-refractivity contribution in [2.24, 2.45) is 0 Å². The predicted octanol–water partition coefficient (Wildman–Crippen LogP) is 1.01. The number of methoxy groups -OCH3 is 1. The zero-order chi connectivity index (χ0) is 13.8. The fraction of sp³-hybridized carbons (Fsp3) is 0.154. The van der Waals surface area contributed by atoms with Gasteiger partial charge in [-0.25, -0.2) is 0 Å². The van der Waals surface area contributed by atoms with Crippen LogP contribution in [-0.2, 0) is 6.42 Å². The third kappa shape index (κ3) is 2.40. The summed E-state index contributed by atoms with van der Waals surface area (Å²) in [5.41, 5.74) is 0.103. The molecular weight excluding hydrogens is 246 g/mol. The summed E-state index contributed by atoms with van der Waals surface area (Å²) in [4.78, 5) is 11.9. The van der Waals surface area contributed by atoms with Crippen molar-refractivity contribution in [1.82, 2.24) is 9.78 Å². The number of nitriles is 1. The fourth-order valence-electron chi connectivity index (χ4n) is 1.66. The Morgan fingerprint density at radius 1 is 1.47 bits per heavy atom. The molecule has 96 valence electrons. The Morgan fingerprint density at radius 2 is 2.21 bits per heavy atom. The van der Waals surface area contributed by atoms with Gasteiger partial charge in [-0.15, -0.1) is 0 Å². The quantitative estimate of drug-likeness (QED) is 0.886. The highest BCUT2D eigenvalue weighted by Crippen LogP contribution is 2.21. The molecule has 0 bridgehead atoms. The number of para-hydroxylation sites is 2. The van der Waals surface area contributed by atoms with Gasteiger partial charge in [0.2, 0.25) is 0 Å². The van der Waals surface area contributed by atoms with Crippen LogP contribution in [0.1, 0.15) is 5.69 Å². The van der Waals surface area contributed by atoms with E-state index >= 15 is 0 Å². The van der Waals surface area contributed by atoms with Crippen molar-refractivity contribution < 1.29 is 9.84 Å². The van der Waals surface area contributed by atoms with E-state index in [0.717, 1.165) is 10.7 Å². The van der Waals surface area contributed by atoms with Gasteiger partial charge < -0.3 is 9.84 Å². The van der Waals surface area contributed by atoms with E-state index in [1.54, 1.807) is 24.3 Å². The minimum atomic E-state index is -0.497. The summed E-state index contributed by atoms with van der Waals surface area (Å²) >= 11 is 0. The smallest absolute Gasteiger partial charge is 0.275 e. The number of benzene rings is 1. The summed E-state index contributed by atoms with van der Waals surface area (Å²) in [5.74, 6) is 0.198. The number of aromatic hydroxyl groups is 1. The minimum Gasteiger partial charge on any atom is -0.506 e. The van der Waals surface area contributed by atoms with Crippen molar-refractivity contribution in [3.63, 3.8) is 0 Å². The topological polar surface area (TPSA) is 88.1 Å². The molecule has 2 rings (SSSR count). The van der Waals surface area contributed by atoms with Gasteiger partial charge in [-0.3, -0.25) is 4.79 Å². The fourth-order valence-corrected chi connectivity index (χ4v) is 1.66. The van der Waals surface area contributed by atoms with Gasteiger partial charge in [-0.05, 0) is 12.1 Å². The summed E-state index contributed by atoms with van der Waals surface area (Å²) < 4.78 is 6.26. The van der Waals surface area contributed by atoms with Crippen LogP contribution >= 0.6 is 0 Å². The molecular formula is C13H11N3O3. The van der Waals surface area contributed by atoms with Gasteiger partial charge >= 0.3 is 0 Å². The molecule has 0 spiro atoms. The van der Waals surface area contributed by atoms with Crippen LogP contribution in [0.15, 0.2) is 35.1 Å². The van der Waals surface area contributed by atoms with Gasteiger partial charge in [0.1, 0.15) is 22.9 Å². The van der Waals surface area contributed by atoms with Crippen LogP contribution in [0.4, 0.5) is 0 Å². The van der Waals surface area contributed by atoms with Crippen LogP contribution in [0.3, 0.4) is 0 Å². The lowest BCUT2D eigenvalue weighted by molar-refractivity contribution is 0.410. The van der Waals surface area contributed by atoms with Crippen LogP contribution in [0.25, 0.3) is 5.69 Å². The first-order valence-corrected chi connectivity index (χ1v) is 5.50. The van der Waals surface area contributed by atoms with Crippen molar-refractivity contribution >= 4 is 0 Å². The van der Waals surface area contributed by atoms with E-state index < -0.39 is 5.56 Å². The summed E-state index contributed by atoms with van der Waals surface area (Å²) in [6, 6.07) is 9.78. The maximum Gasteiger partial charge on any atom is 0.275 e. The number of hydrogen-bond acceptors (Lipinski definition) is 5. The molecule has 6 nitrogen and oxygen atoms in total. The van der Waals surface area contributed by atoms with Crippen LogP contribution in [-0.4, -0.2) is 22.0 Å². The van der Waals surface area contributed by atoms with E-state index in [1.807, 2.05) is 6.07 Å². The number of hydrogen-bond donors (Lipinski definition) is 1. The third-order valence-electron chi connectivity index (χ3n) is 2.55. The summed E-state index contributed by atoms with van der Waals surface area (Å²) in [5, 5.41) is 22.2. The molecule has 0 radical (unpaired) electrons. The number of ether oxygens (including phenoxy) is 1. The average Bonchev–Trinajstić information content (AvgIpc) is 2.42. The van der Waals surface area contributed by atoms with Crippen molar-refractivity contribution in [3.8, 4) is 23.3 Å². The molecule has 0 unspecified atom stereocenters. The first-order valence-electron chi connectivity index (χ1n) is 5.50. The largest absolute Gasteiger partial charge is 0.506 e. The van der Waals surface area contributed by atoms with Crippen molar-refractivity contribution in [3.05, 3.63) is 46.4 Å². The van der Waals surface area contributed by atoms with Crippen LogP contribution < -0.4 is 10.3 Å². The Hall–Kier alpha value is -2.81. The Labute approximate surface area is 109 Å². The molecule has 1 heterocycles. The summed E-state index contributed by atoms with van der Waals surface area (Å²) in [6.07, 6.45) is -0.0821. The average molecular weight is 257 g/mol. The van der Waals surface area contributed by atoms with Gasteiger partial charge in [0.05, 0.1) is 19.6 Å². The van der Waals surface area contributed by atoms with Crippen molar-refractivity contribution in [2.75, 3.05) is 7.11 Å². The van der Waals surface area contributed by atoms with Gasteiger partial charge in [0.25, 0.3) is 5.56 Å². The van der Waals surface area contributed by atoms with Crippen LogP contribution in [0, 0.1) is 11.3 Å². The zero-order valence-electron chi connectivity index (χ0n) is 10.2. The lowest BCUT2D eigenvalue weighted by Gasteiger charge is -2.10. The van der Waals surface area contributed by atoms with E-state index in [4.69, 9.17) is 10.00 Å². The van der Waals surface area contributed by atoms with Crippen molar-refractivity contribution in [1.29, 1.82) is 5.26 Å². The Balaban J connectivity index is 2.65.